The van der Waals surface area contributed by atoms with Crippen molar-refractivity contribution in [3.05, 3.63) is 53.1 Å². The van der Waals surface area contributed by atoms with Crippen molar-refractivity contribution in [1.29, 1.82) is 0 Å². The molecule has 5 heteroatoms. The third kappa shape index (κ3) is 3.32. The second kappa shape index (κ2) is 8.00. The zero-order chi connectivity index (χ0) is 20.7. The molecule has 0 heterocycles. The number of fused-ring (bicyclic) bond motifs is 1. The smallest absolute Gasteiger partial charge is 0.201 e. The third-order valence-electron chi connectivity index (χ3n) is 7.08. The van der Waals surface area contributed by atoms with Crippen LogP contribution in [0.2, 0.25) is 0 Å². The zero-order valence-corrected chi connectivity index (χ0v) is 16.8. The molecular weight excluding hydrogens is 380 g/mol. The average Bonchev–Trinajstić information content (AvgIpc) is 3.30. The molecule has 2 saturated carbocycles. The fourth-order valence-electron chi connectivity index (χ4n) is 5.79. The molecule has 0 N–H and O–H groups in total. The van der Waals surface area contributed by atoms with E-state index >= 15 is 4.39 Å². The van der Waals surface area contributed by atoms with E-state index in [1.807, 2.05) is 0 Å². The van der Waals surface area contributed by atoms with Gasteiger partial charge in [0.2, 0.25) is 5.82 Å². The lowest BCUT2D eigenvalue weighted by Crippen LogP contribution is -2.13. The summed E-state index contributed by atoms with van der Waals surface area (Å²) in [5.41, 5.74) is -0.195. The number of benzene rings is 2. The predicted molar refractivity (Wildman–Crippen MR) is 105 cm³/mol. The Bertz CT molecular complexity index is 910. The van der Waals surface area contributed by atoms with Crippen molar-refractivity contribution in [3.63, 3.8) is 0 Å². The van der Waals surface area contributed by atoms with Crippen molar-refractivity contribution in [2.24, 2.45) is 17.8 Å². The first kappa shape index (κ1) is 20.2. The van der Waals surface area contributed by atoms with Crippen molar-refractivity contribution >= 4 is 0 Å². The second-order valence-corrected chi connectivity index (χ2v) is 8.41. The third-order valence-corrected chi connectivity index (χ3v) is 7.08. The predicted octanol–water partition coefficient (Wildman–Crippen LogP) is 7.24. The Kier molecular flexibility index (Phi) is 5.58. The Morgan fingerprint density at radius 3 is 2.14 bits per heavy atom. The van der Waals surface area contributed by atoms with E-state index in [2.05, 4.69) is 6.92 Å². The largest absolute Gasteiger partial charge is 0.494 e. The maximum atomic E-state index is 15.1. The summed E-state index contributed by atoms with van der Waals surface area (Å²) in [6.07, 6.45) is 6.49. The number of hydrogen-bond acceptors (Lipinski definition) is 1. The Hall–Kier alpha value is -2.04. The molecule has 0 saturated heterocycles. The van der Waals surface area contributed by atoms with E-state index in [0.717, 1.165) is 32.1 Å². The van der Waals surface area contributed by atoms with Gasteiger partial charge in [0.25, 0.3) is 0 Å². The van der Waals surface area contributed by atoms with Crippen LogP contribution in [-0.2, 0) is 0 Å². The first-order chi connectivity index (χ1) is 14.0. The summed E-state index contributed by atoms with van der Waals surface area (Å²) >= 11 is 0. The molecule has 4 rings (SSSR count). The molecule has 0 amide bonds. The average molecular weight is 406 g/mol. The maximum absolute atomic E-state index is 15.1. The van der Waals surface area contributed by atoms with E-state index in [-0.39, 0.29) is 22.8 Å². The van der Waals surface area contributed by atoms with Crippen LogP contribution in [0.25, 0.3) is 11.1 Å². The Morgan fingerprint density at radius 1 is 0.793 bits per heavy atom. The van der Waals surface area contributed by atoms with Gasteiger partial charge in [0.15, 0.2) is 23.2 Å². The molecule has 29 heavy (non-hydrogen) atoms. The highest BCUT2D eigenvalue weighted by Gasteiger charge is 2.45. The van der Waals surface area contributed by atoms with Gasteiger partial charge in [-0.1, -0.05) is 31.9 Å². The molecule has 0 spiro atoms. The van der Waals surface area contributed by atoms with Crippen molar-refractivity contribution in [2.75, 3.05) is 7.11 Å². The molecule has 4 atom stereocenters. The summed E-state index contributed by atoms with van der Waals surface area (Å²) in [5.74, 6) is -3.09. The number of hydrogen-bond donors (Lipinski definition) is 0. The van der Waals surface area contributed by atoms with Gasteiger partial charge in [0.1, 0.15) is 0 Å². The number of methoxy groups -OCH3 is 1. The molecule has 0 aromatic heterocycles. The summed E-state index contributed by atoms with van der Waals surface area (Å²) in [6.45, 7) is 2.19. The van der Waals surface area contributed by atoms with Gasteiger partial charge in [-0.25, -0.2) is 13.2 Å². The van der Waals surface area contributed by atoms with Crippen LogP contribution in [0.15, 0.2) is 24.3 Å². The molecule has 2 aromatic carbocycles. The Balaban J connectivity index is 1.67. The molecule has 1 nitrogen and oxygen atoms in total. The minimum absolute atomic E-state index is 0.00264. The summed E-state index contributed by atoms with van der Waals surface area (Å²) < 4.78 is 63.2. The van der Waals surface area contributed by atoms with Crippen LogP contribution < -0.4 is 4.74 Å². The Labute approximate surface area is 169 Å². The molecular formula is C24H26F4O. The van der Waals surface area contributed by atoms with E-state index in [0.29, 0.717) is 23.3 Å². The maximum Gasteiger partial charge on any atom is 0.201 e. The van der Waals surface area contributed by atoms with Crippen LogP contribution in [0.1, 0.15) is 56.9 Å². The van der Waals surface area contributed by atoms with Crippen LogP contribution in [0, 0.1) is 41.0 Å². The minimum Gasteiger partial charge on any atom is -0.494 e. The molecule has 0 aliphatic heterocycles. The standard InChI is InChI=1S/C24H26F4O/c1-3-4-13-5-6-15-14(13)7-8-16(15)17-9-10-18(22(26)21(17)25)19-11-12-20(29-2)24(28)23(19)27/h9-16H,3-8H2,1-2H3. The second-order valence-electron chi connectivity index (χ2n) is 8.41. The molecule has 0 bridgehead atoms. The van der Waals surface area contributed by atoms with E-state index < -0.39 is 23.3 Å². The van der Waals surface area contributed by atoms with Gasteiger partial charge in [0, 0.05) is 11.1 Å². The van der Waals surface area contributed by atoms with E-state index in [9.17, 15) is 13.2 Å². The minimum atomic E-state index is -1.24. The Morgan fingerprint density at radius 2 is 1.45 bits per heavy atom. The van der Waals surface area contributed by atoms with Gasteiger partial charge in [0.05, 0.1) is 7.11 Å². The van der Waals surface area contributed by atoms with Crippen LogP contribution in [0.3, 0.4) is 0 Å². The molecule has 0 radical (unpaired) electrons. The summed E-state index contributed by atoms with van der Waals surface area (Å²) in [6, 6.07) is 5.37. The zero-order valence-electron chi connectivity index (χ0n) is 16.8. The lowest BCUT2D eigenvalue weighted by atomic mass is 9.83. The van der Waals surface area contributed by atoms with Crippen molar-refractivity contribution in [1.82, 2.24) is 0 Å². The van der Waals surface area contributed by atoms with E-state index in [1.165, 1.54) is 31.7 Å². The van der Waals surface area contributed by atoms with Gasteiger partial charge in [-0.15, -0.1) is 0 Å². The van der Waals surface area contributed by atoms with Gasteiger partial charge in [-0.3, -0.25) is 0 Å². The number of ether oxygens (including phenoxy) is 1. The molecule has 2 aliphatic carbocycles. The van der Waals surface area contributed by atoms with Gasteiger partial charge < -0.3 is 4.74 Å². The van der Waals surface area contributed by atoms with Gasteiger partial charge in [-0.05, 0) is 67.1 Å². The van der Waals surface area contributed by atoms with Crippen LogP contribution >= 0.6 is 0 Å². The van der Waals surface area contributed by atoms with E-state index in [1.54, 1.807) is 6.07 Å². The fourth-order valence-corrected chi connectivity index (χ4v) is 5.79. The summed E-state index contributed by atoms with van der Waals surface area (Å²) in [7, 11) is 1.22. The first-order valence-corrected chi connectivity index (χ1v) is 10.5. The monoisotopic (exact) mass is 406 g/mol. The summed E-state index contributed by atoms with van der Waals surface area (Å²) in [5, 5.41) is 0. The van der Waals surface area contributed by atoms with Crippen LogP contribution in [-0.4, -0.2) is 7.11 Å². The quantitative estimate of drug-likeness (QED) is 0.476. The van der Waals surface area contributed by atoms with Crippen molar-refractivity contribution in [3.8, 4) is 16.9 Å². The van der Waals surface area contributed by atoms with Crippen LogP contribution in [0.5, 0.6) is 5.75 Å². The molecule has 4 unspecified atom stereocenters. The number of halogens is 4. The highest BCUT2D eigenvalue weighted by atomic mass is 19.2. The van der Waals surface area contributed by atoms with E-state index in [4.69, 9.17) is 4.74 Å². The fraction of sp³-hybridized carbons (Fsp3) is 0.500. The van der Waals surface area contributed by atoms with Gasteiger partial charge >= 0.3 is 0 Å². The molecule has 2 fully saturated rings. The first-order valence-electron chi connectivity index (χ1n) is 10.5. The topological polar surface area (TPSA) is 9.23 Å². The lowest BCUT2D eigenvalue weighted by molar-refractivity contribution is 0.323. The highest BCUT2D eigenvalue weighted by molar-refractivity contribution is 5.66. The summed E-state index contributed by atoms with van der Waals surface area (Å²) in [4.78, 5) is 0. The highest BCUT2D eigenvalue weighted by Crippen LogP contribution is 2.56. The normalized spacial score (nSPS) is 26.0. The van der Waals surface area contributed by atoms with Crippen molar-refractivity contribution < 1.29 is 22.3 Å². The van der Waals surface area contributed by atoms with Crippen molar-refractivity contribution in [2.45, 2.75) is 51.4 Å². The molecule has 156 valence electrons. The molecule has 2 aromatic rings. The lowest BCUT2D eigenvalue weighted by Gasteiger charge is -2.22. The van der Waals surface area contributed by atoms with Gasteiger partial charge in [-0.2, -0.15) is 4.39 Å². The SMILES string of the molecule is CCCC1CCC2C(c3ccc(-c4ccc(OC)c(F)c4F)c(F)c3F)CCC12. The molecule has 2 aliphatic rings. The van der Waals surface area contributed by atoms with Crippen LogP contribution in [0.4, 0.5) is 17.6 Å². The number of rotatable bonds is 5.